The lowest BCUT2D eigenvalue weighted by Crippen LogP contribution is -2.47. The third-order valence-electron chi connectivity index (χ3n) is 1.53. The van der Waals surface area contributed by atoms with Gasteiger partial charge in [0.25, 0.3) is 0 Å². The Morgan fingerprint density at radius 3 is 2.00 bits per heavy atom. The fourth-order valence-electron chi connectivity index (χ4n) is 0.555. The Kier molecular flexibility index (Phi) is 1.45. The summed E-state index contributed by atoms with van der Waals surface area (Å²) in [6, 6.07) is 0. The number of alkyl halides is 3. The van der Waals surface area contributed by atoms with Gasteiger partial charge in [0.15, 0.2) is 5.60 Å². The number of epoxide rings is 1. The fraction of sp³-hybridized carbons (Fsp3) is 1.00. The van der Waals surface area contributed by atoms with Gasteiger partial charge >= 0.3 is 6.18 Å². The largest absolute Gasteiger partial charge is 0.419 e. The molecule has 0 amide bonds. The number of ether oxygens (including phenoxy) is 1. The second-order valence-corrected chi connectivity index (χ2v) is 2.47. The second kappa shape index (κ2) is 1.85. The van der Waals surface area contributed by atoms with Crippen LogP contribution in [0.4, 0.5) is 13.2 Å². The van der Waals surface area contributed by atoms with Crippen LogP contribution in [-0.4, -0.2) is 29.6 Å². The van der Waals surface area contributed by atoms with Gasteiger partial charge in [-0.15, -0.1) is 0 Å². The molecular formula is C5H7F3O2. The van der Waals surface area contributed by atoms with Gasteiger partial charge < -0.3 is 9.84 Å². The lowest BCUT2D eigenvalue weighted by atomic mass is 10.0. The summed E-state index contributed by atoms with van der Waals surface area (Å²) >= 11 is 0. The van der Waals surface area contributed by atoms with Crippen molar-refractivity contribution < 1.29 is 23.0 Å². The molecule has 0 aromatic heterocycles. The van der Waals surface area contributed by atoms with Crippen LogP contribution in [-0.2, 0) is 4.74 Å². The van der Waals surface area contributed by atoms with E-state index < -0.39 is 17.9 Å². The zero-order chi connectivity index (χ0) is 7.99. The van der Waals surface area contributed by atoms with E-state index in [0.29, 0.717) is 6.92 Å². The summed E-state index contributed by atoms with van der Waals surface area (Å²) in [7, 11) is 0. The van der Waals surface area contributed by atoms with Crippen molar-refractivity contribution in [2.45, 2.75) is 24.8 Å². The molecule has 2 nitrogen and oxygen atoms in total. The Balaban J connectivity index is 2.66. The van der Waals surface area contributed by atoms with Crippen LogP contribution < -0.4 is 0 Å². The lowest BCUT2D eigenvalue weighted by Gasteiger charge is -2.23. The minimum absolute atomic E-state index is 0.00743. The maximum Gasteiger partial charge on any atom is 0.419 e. The van der Waals surface area contributed by atoms with Crippen LogP contribution in [0.3, 0.4) is 0 Å². The highest BCUT2D eigenvalue weighted by atomic mass is 19.4. The first kappa shape index (κ1) is 7.81. The van der Waals surface area contributed by atoms with Gasteiger partial charge in [0.05, 0.1) is 6.61 Å². The standard InChI is InChI=1S/C5H7F3O2/c1-4(9,3-2-10-3)5(6,7)8/h3,9H,2H2,1H3. The summed E-state index contributed by atoms with van der Waals surface area (Å²) in [6.07, 6.45) is -5.65. The average Bonchev–Trinajstić information content (AvgIpc) is 2.38. The SMILES string of the molecule is CC(O)(C1CO1)C(F)(F)F. The van der Waals surface area contributed by atoms with Crippen molar-refractivity contribution in [2.24, 2.45) is 0 Å². The van der Waals surface area contributed by atoms with E-state index in [9.17, 15) is 13.2 Å². The molecule has 2 atom stereocenters. The van der Waals surface area contributed by atoms with Gasteiger partial charge in [0.1, 0.15) is 6.10 Å². The zero-order valence-electron chi connectivity index (χ0n) is 5.27. The smallest absolute Gasteiger partial charge is 0.379 e. The molecule has 1 N–H and O–H groups in total. The molecule has 1 rings (SSSR count). The molecule has 0 aliphatic carbocycles. The highest BCUT2D eigenvalue weighted by molar-refractivity contribution is 4.95. The molecule has 1 fully saturated rings. The normalized spacial score (nSPS) is 31.5. The summed E-state index contributed by atoms with van der Waals surface area (Å²) in [5.41, 5.74) is -2.67. The average molecular weight is 156 g/mol. The Morgan fingerprint density at radius 1 is 1.50 bits per heavy atom. The van der Waals surface area contributed by atoms with Crippen LogP contribution in [0.2, 0.25) is 0 Å². The summed E-state index contributed by atoms with van der Waals surface area (Å²) < 4.78 is 39.7. The maximum absolute atomic E-state index is 11.8. The Labute approximate surface area is 55.6 Å². The number of aliphatic hydroxyl groups is 1. The van der Waals surface area contributed by atoms with E-state index in [1.807, 2.05) is 0 Å². The third kappa shape index (κ3) is 1.11. The first-order valence-corrected chi connectivity index (χ1v) is 2.76. The van der Waals surface area contributed by atoms with Crippen molar-refractivity contribution in [1.29, 1.82) is 0 Å². The predicted molar refractivity (Wildman–Crippen MR) is 26.4 cm³/mol. The molecule has 1 aliphatic heterocycles. The van der Waals surface area contributed by atoms with Crippen molar-refractivity contribution >= 4 is 0 Å². The van der Waals surface area contributed by atoms with Crippen LogP contribution in [0, 0.1) is 0 Å². The summed E-state index contributed by atoms with van der Waals surface area (Å²) in [6.45, 7) is 0.706. The Bertz CT molecular complexity index is 136. The Hall–Kier alpha value is -0.290. The Morgan fingerprint density at radius 2 is 1.90 bits per heavy atom. The van der Waals surface area contributed by atoms with Crippen molar-refractivity contribution in [2.75, 3.05) is 6.61 Å². The fourth-order valence-corrected chi connectivity index (χ4v) is 0.555. The van der Waals surface area contributed by atoms with Crippen LogP contribution in [0.5, 0.6) is 0 Å². The van der Waals surface area contributed by atoms with E-state index in [2.05, 4.69) is 4.74 Å². The molecule has 0 spiro atoms. The minimum Gasteiger partial charge on any atom is -0.379 e. The lowest BCUT2D eigenvalue weighted by molar-refractivity contribution is -0.258. The van der Waals surface area contributed by atoms with Crippen LogP contribution in [0.1, 0.15) is 6.92 Å². The monoisotopic (exact) mass is 156 g/mol. The summed E-state index contributed by atoms with van der Waals surface area (Å²) in [5.74, 6) is 0. The molecule has 1 aliphatic rings. The maximum atomic E-state index is 11.8. The molecule has 0 bridgehead atoms. The highest BCUT2D eigenvalue weighted by Gasteiger charge is 2.60. The molecule has 1 heterocycles. The topological polar surface area (TPSA) is 32.8 Å². The number of hydrogen-bond donors (Lipinski definition) is 1. The first-order chi connectivity index (χ1) is 4.36. The van der Waals surface area contributed by atoms with Crippen LogP contribution in [0.15, 0.2) is 0 Å². The molecule has 0 radical (unpaired) electrons. The van der Waals surface area contributed by atoms with Crippen LogP contribution in [0.25, 0.3) is 0 Å². The molecular weight excluding hydrogens is 149 g/mol. The van der Waals surface area contributed by atoms with E-state index in [1.165, 1.54) is 0 Å². The molecule has 1 saturated heterocycles. The summed E-state index contributed by atoms with van der Waals surface area (Å²) in [5, 5.41) is 8.74. The van der Waals surface area contributed by atoms with Crippen molar-refractivity contribution in [3.05, 3.63) is 0 Å². The summed E-state index contributed by atoms with van der Waals surface area (Å²) in [4.78, 5) is 0. The zero-order valence-corrected chi connectivity index (χ0v) is 5.27. The van der Waals surface area contributed by atoms with Gasteiger partial charge in [-0.3, -0.25) is 0 Å². The van der Waals surface area contributed by atoms with E-state index in [0.717, 1.165) is 0 Å². The van der Waals surface area contributed by atoms with Gasteiger partial charge in [-0.25, -0.2) is 0 Å². The minimum atomic E-state index is -4.59. The molecule has 2 unspecified atom stereocenters. The van der Waals surface area contributed by atoms with E-state index in [4.69, 9.17) is 5.11 Å². The quantitative estimate of drug-likeness (QED) is 0.567. The molecule has 0 aromatic rings. The van der Waals surface area contributed by atoms with Gasteiger partial charge in [-0.1, -0.05) is 0 Å². The second-order valence-electron chi connectivity index (χ2n) is 2.47. The van der Waals surface area contributed by atoms with Crippen LogP contribution >= 0.6 is 0 Å². The number of halogens is 3. The molecule has 60 valence electrons. The highest BCUT2D eigenvalue weighted by Crippen LogP contribution is 2.38. The van der Waals surface area contributed by atoms with Gasteiger partial charge in [-0.05, 0) is 6.92 Å². The number of rotatable bonds is 1. The van der Waals surface area contributed by atoms with E-state index >= 15 is 0 Å². The van der Waals surface area contributed by atoms with E-state index in [-0.39, 0.29) is 6.61 Å². The van der Waals surface area contributed by atoms with Crippen molar-refractivity contribution in [3.63, 3.8) is 0 Å². The molecule has 5 heteroatoms. The molecule has 10 heavy (non-hydrogen) atoms. The first-order valence-electron chi connectivity index (χ1n) is 2.76. The van der Waals surface area contributed by atoms with Crippen molar-refractivity contribution in [1.82, 2.24) is 0 Å². The third-order valence-corrected chi connectivity index (χ3v) is 1.53. The predicted octanol–water partition coefficient (Wildman–Crippen LogP) is 0.699. The van der Waals surface area contributed by atoms with Gasteiger partial charge in [0.2, 0.25) is 0 Å². The van der Waals surface area contributed by atoms with E-state index in [1.54, 1.807) is 0 Å². The number of hydrogen-bond acceptors (Lipinski definition) is 2. The molecule has 0 aromatic carbocycles. The molecule has 0 saturated carbocycles. The van der Waals surface area contributed by atoms with Crippen molar-refractivity contribution in [3.8, 4) is 0 Å². The van der Waals surface area contributed by atoms with Gasteiger partial charge in [-0.2, -0.15) is 13.2 Å². The van der Waals surface area contributed by atoms with Gasteiger partial charge in [0, 0.05) is 0 Å².